The first-order valence-electron chi connectivity index (χ1n) is 4.50. The SMILES string of the molecule is NC(=O)COc1cccc(NS(=O)(=O)CBr)c1. The van der Waals surface area contributed by atoms with Crippen LogP contribution in [0.1, 0.15) is 0 Å². The highest BCUT2D eigenvalue weighted by molar-refractivity contribution is 9.10. The zero-order valence-corrected chi connectivity index (χ0v) is 11.1. The molecule has 0 atom stereocenters. The Labute approximate surface area is 107 Å². The van der Waals surface area contributed by atoms with Crippen molar-refractivity contribution in [2.45, 2.75) is 0 Å². The lowest BCUT2D eigenvalue weighted by Crippen LogP contribution is -2.20. The highest BCUT2D eigenvalue weighted by Crippen LogP contribution is 2.18. The molecule has 0 saturated carbocycles. The van der Waals surface area contributed by atoms with Crippen molar-refractivity contribution in [2.24, 2.45) is 5.73 Å². The molecule has 0 heterocycles. The standard InChI is InChI=1S/C9H11BrN2O4S/c10-6-17(14,15)12-7-2-1-3-8(4-7)16-5-9(11)13/h1-4,12H,5-6H2,(H2,11,13). The second-order valence-electron chi connectivity index (χ2n) is 3.11. The first kappa shape index (κ1) is 13.8. The molecule has 1 aromatic rings. The monoisotopic (exact) mass is 322 g/mol. The number of nitrogens with two attached hydrogens (primary N) is 1. The molecule has 94 valence electrons. The van der Waals surface area contributed by atoms with E-state index in [0.717, 1.165) is 0 Å². The maximum atomic E-state index is 11.3. The Morgan fingerprint density at radius 2 is 2.18 bits per heavy atom. The van der Waals surface area contributed by atoms with Gasteiger partial charge in [-0.3, -0.25) is 9.52 Å². The molecule has 0 aliphatic heterocycles. The minimum atomic E-state index is -3.40. The van der Waals surface area contributed by atoms with Gasteiger partial charge in [-0.1, -0.05) is 22.0 Å². The molecular formula is C9H11BrN2O4S. The third-order valence-corrected chi connectivity index (χ3v) is 4.27. The van der Waals surface area contributed by atoms with Crippen LogP contribution in [-0.4, -0.2) is 25.6 Å². The number of alkyl halides is 1. The van der Waals surface area contributed by atoms with Crippen LogP contribution in [0.3, 0.4) is 0 Å². The fourth-order valence-electron chi connectivity index (χ4n) is 1.01. The topological polar surface area (TPSA) is 98.5 Å². The summed E-state index contributed by atoms with van der Waals surface area (Å²) in [6, 6.07) is 6.22. The van der Waals surface area contributed by atoms with Crippen LogP contribution in [0.25, 0.3) is 0 Å². The van der Waals surface area contributed by atoms with E-state index < -0.39 is 15.9 Å². The van der Waals surface area contributed by atoms with Crippen molar-refractivity contribution in [2.75, 3.05) is 16.0 Å². The number of rotatable bonds is 6. The maximum absolute atomic E-state index is 11.3. The van der Waals surface area contributed by atoms with Crippen LogP contribution in [0, 0.1) is 0 Å². The van der Waals surface area contributed by atoms with E-state index in [-0.39, 0.29) is 11.3 Å². The Morgan fingerprint density at radius 3 is 2.76 bits per heavy atom. The van der Waals surface area contributed by atoms with E-state index in [1.165, 1.54) is 6.07 Å². The minimum Gasteiger partial charge on any atom is -0.484 e. The molecule has 0 bridgehead atoms. The summed E-state index contributed by atoms with van der Waals surface area (Å²) in [5.41, 5.74) is 5.27. The number of hydrogen-bond acceptors (Lipinski definition) is 4. The molecule has 0 unspecified atom stereocenters. The second-order valence-corrected chi connectivity index (χ2v) is 6.13. The number of sulfonamides is 1. The van der Waals surface area contributed by atoms with Gasteiger partial charge in [-0.15, -0.1) is 0 Å². The second kappa shape index (κ2) is 5.87. The Balaban J connectivity index is 2.76. The van der Waals surface area contributed by atoms with Crippen LogP contribution in [0.5, 0.6) is 5.75 Å². The number of benzene rings is 1. The molecule has 3 N–H and O–H groups in total. The number of hydrogen-bond donors (Lipinski definition) is 2. The number of primary amides is 1. The summed E-state index contributed by atoms with van der Waals surface area (Å²) in [7, 11) is -3.40. The van der Waals surface area contributed by atoms with Crippen molar-refractivity contribution < 1.29 is 17.9 Å². The number of carbonyl (C=O) groups excluding carboxylic acids is 1. The van der Waals surface area contributed by atoms with Gasteiger partial charge >= 0.3 is 0 Å². The summed E-state index contributed by atoms with van der Waals surface area (Å²) in [5.74, 6) is -0.241. The van der Waals surface area contributed by atoms with Crippen molar-refractivity contribution in [1.29, 1.82) is 0 Å². The lowest BCUT2D eigenvalue weighted by atomic mass is 10.3. The molecule has 6 nitrogen and oxygen atoms in total. The number of anilines is 1. The van der Waals surface area contributed by atoms with Gasteiger partial charge in [0, 0.05) is 6.07 Å². The molecule has 0 aromatic heterocycles. The van der Waals surface area contributed by atoms with Gasteiger partial charge in [-0.05, 0) is 12.1 Å². The number of ether oxygens (including phenoxy) is 1. The number of amides is 1. The van der Waals surface area contributed by atoms with E-state index >= 15 is 0 Å². The lowest BCUT2D eigenvalue weighted by Gasteiger charge is -2.08. The van der Waals surface area contributed by atoms with E-state index in [9.17, 15) is 13.2 Å². The molecular weight excluding hydrogens is 312 g/mol. The molecule has 17 heavy (non-hydrogen) atoms. The van der Waals surface area contributed by atoms with Gasteiger partial charge in [0.1, 0.15) is 10.4 Å². The van der Waals surface area contributed by atoms with Crippen LogP contribution in [-0.2, 0) is 14.8 Å². The zero-order chi connectivity index (χ0) is 12.9. The number of halogens is 1. The summed E-state index contributed by atoms with van der Waals surface area (Å²) in [5, 5.41) is 0. The Morgan fingerprint density at radius 1 is 1.47 bits per heavy atom. The summed E-state index contributed by atoms with van der Waals surface area (Å²) in [6.45, 7) is -0.255. The van der Waals surface area contributed by atoms with Gasteiger partial charge in [0.15, 0.2) is 6.61 Å². The molecule has 1 rings (SSSR count). The van der Waals surface area contributed by atoms with Gasteiger partial charge in [0.05, 0.1) is 5.69 Å². The average molecular weight is 323 g/mol. The van der Waals surface area contributed by atoms with Crippen LogP contribution < -0.4 is 15.2 Å². The highest BCUT2D eigenvalue weighted by atomic mass is 79.9. The van der Waals surface area contributed by atoms with Gasteiger partial charge in [0.2, 0.25) is 10.0 Å². The maximum Gasteiger partial charge on any atom is 0.255 e. The fourth-order valence-corrected chi connectivity index (χ4v) is 1.89. The molecule has 0 aliphatic rings. The summed E-state index contributed by atoms with van der Waals surface area (Å²) < 4.78 is 29.7. The molecule has 0 radical (unpaired) electrons. The lowest BCUT2D eigenvalue weighted by molar-refractivity contribution is -0.119. The van der Waals surface area contributed by atoms with Gasteiger partial charge in [-0.25, -0.2) is 8.42 Å². The normalized spacial score (nSPS) is 10.9. The van der Waals surface area contributed by atoms with Crippen LogP contribution in [0.4, 0.5) is 5.69 Å². The zero-order valence-electron chi connectivity index (χ0n) is 8.72. The molecule has 1 aromatic carbocycles. The van der Waals surface area contributed by atoms with E-state index in [2.05, 4.69) is 20.7 Å². The molecule has 0 aliphatic carbocycles. The van der Waals surface area contributed by atoms with Crippen LogP contribution in [0.15, 0.2) is 24.3 Å². The van der Waals surface area contributed by atoms with E-state index in [1.54, 1.807) is 18.2 Å². The van der Waals surface area contributed by atoms with E-state index in [0.29, 0.717) is 11.4 Å². The minimum absolute atomic E-state index is 0.202. The molecule has 0 spiro atoms. The van der Waals surface area contributed by atoms with E-state index in [1.807, 2.05) is 0 Å². The number of carbonyl (C=O) groups is 1. The molecule has 0 fully saturated rings. The quantitative estimate of drug-likeness (QED) is 0.751. The third kappa shape index (κ3) is 5.05. The van der Waals surface area contributed by atoms with E-state index in [4.69, 9.17) is 10.5 Å². The molecule has 1 amide bonds. The highest BCUT2D eigenvalue weighted by Gasteiger charge is 2.08. The average Bonchev–Trinajstić information content (AvgIpc) is 2.26. The molecule has 0 saturated heterocycles. The Hall–Kier alpha value is -1.28. The first-order valence-corrected chi connectivity index (χ1v) is 7.28. The molecule has 8 heteroatoms. The fraction of sp³-hybridized carbons (Fsp3) is 0.222. The predicted octanol–water partition coefficient (Wildman–Crippen LogP) is 0.645. The van der Waals surface area contributed by atoms with Crippen molar-refractivity contribution in [3.8, 4) is 5.75 Å². The predicted molar refractivity (Wildman–Crippen MR) is 67.5 cm³/mol. The van der Waals surface area contributed by atoms with Crippen LogP contribution >= 0.6 is 15.9 Å². The van der Waals surface area contributed by atoms with Crippen LogP contribution in [0.2, 0.25) is 0 Å². The Kier molecular flexibility index (Phi) is 4.76. The summed E-state index contributed by atoms with van der Waals surface area (Å²) in [6.07, 6.45) is 0. The summed E-state index contributed by atoms with van der Waals surface area (Å²) >= 11 is 2.85. The van der Waals surface area contributed by atoms with Crippen molar-refractivity contribution >= 4 is 37.5 Å². The van der Waals surface area contributed by atoms with Gasteiger partial charge < -0.3 is 10.5 Å². The van der Waals surface area contributed by atoms with Gasteiger partial charge in [0.25, 0.3) is 5.91 Å². The number of nitrogens with one attached hydrogen (secondary N) is 1. The van der Waals surface area contributed by atoms with Crippen molar-refractivity contribution in [1.82, 2.24) is 0 Å². The first-order chi connectivity index (χ1) is 7.93. The van der Waals surface area contributed by atoms with Crippen molar-refractivity contribution in [3.05, 3.63) is 24.3 Å². The summed E-state index contributed by atoms with van der Waals surface area (Å²) in [4.78, 5) is 10.5. The van der Waals surface area contributed by atoms with Crippen molar-refractivity contribution in [3.63, 3.8) is 0 Å². The third-order valence-electron chi connectivity index (χ3n) is 1.63. The largest absolute Gasteiger partial charge is 0.484 e. The Bertz CT molecular complexity index is 503. The van der Waals surface area contributed by atoms with Gasteiger partial charge in [-0.2, -0.15) is 0 Å². The smallest absolute Gasteiger partial charge is 0.255 e.